The molecule has 16 heavy (non-hydrogen) atoms. The third-order valence-corrected chi connectivity index (χ3v) is 1.99. The second kappa shape index (κ2) is 4.89. The molecular formula is C10H9N3O3. The van der Waals surface area contributed by atoms with Gasteiger partial charge in [0.2, 0.25) is 0 Å². The quantitative estimate of drug-likeness (QED) is 0.468. The molecule has 82 valence electrons. The molecule has 1 aromatic rings. The predicted molar refractivity (Wildman–Crippen MR) is 55.8 cm³/mol. The summed E-state index contributed by atoms with van der Waals surface area (Å²) in [7, 11) is 0. The number of rotatable bonds is 3. The third-order valence-electron chi connectivity index (χ3n) is 1.99. The molecule has 0 spiro atoms. The number of para-hydroxylation sites is 1. The van der Waals surface area contributed by atoms with Crippen LogP contribution in [0, 0.1) is 28.4 Å². The van der Waals surface area contributed by atoms with Crippen molar-refractivity contribution in [3.05, 3.63) is 39.4 Å². The molecule has 0 atom stereocenters. The Kier molecular flexibility index (Phi) is 3.56. The van der Waals surface area contributed by atoms with Crippen LogP contribution >= 0.6 is 0 Å². The number of nitro benzene ring substituents is 1. The first-order chi connectivity index (χ1) is 7.57. The molecule has 1 rings (SSSR count). The maximum atomic E-state index is 11.5. The molecule has 0 aliphatic heterocycles. The molecule has 1 aromatic carbocycles. The molecule has 0 aromatic heterocycles. The van der Waals surface area contributed by atoms with E-state index in [4.69, 9.17) is 5.26 Å². The van der Waals surface area contributed by atoms with E-state index in [0.717, 1.165) is 0 Å². The fourth-order valence-corrected chi connectivity index (χ4v) is 1.30. The molecule has 0 bridgehead atoms. The van der Waals surface area contributed by atoms with E-state index in [-0.39, 0.29) is 17.8 Å². The van der Waals surface area contributed by atoms with Gasteiger partial charge in [0.15, 0.2) is 0 Å². The number of hydrogen-bond donors (Lipinski definition) is 1. The number of nitrogens with zero attached hydrogens (tertiary/aromatic N) is 2. The Balaban J connectivity index is 3.14. The summed E-state index contributed by atoms with van der Waals surface area (Å²) in [6.45, 7) is 1.38. The Morgan fingerprint density at radius 2 is 2.31 bits per heavy atom. The summed E-state index contributed by atoms with van der Waals surface area (Å²) in [5, 5.41) is 21.3. The number of carbonyl (C=O) groups is 1. The van der Waals surface area contributed by atoms with Crippen LogP contribution in [0.3, 0.4) is 0 Å². The van der Waals surface area contributed by atoms with Crippen LogP contribution in [0.1, 0.15) is 15.9 Å². The zero-order chi connectivity index (χ0) is 12.1. The molecule has 1 amide bonds. The molecule has 6 heteroatoms. The Morgan fingerprint density at radius 3 is 2.88 bits per heavy atom. The first-order valence-corrected chi connectivity index (χ1v) is 4.47. The minimum absolute atomic E-state index is 0.0275. The van der Waals surface area contributed by atoms with Gasteiger partial charge in [-0.1, -0.05) is 12.1 Å². The van der Waals surface area contributed by atoms with E-state index in [1.54, 1.807) is 25.1 Å². The van der Waals surface area contributed by atoms with Gasteiger partial charge in [0.1, 0.15) is 12.1 Å². The zero-order valence-electron chi connectivity index (χ0n) is 8.56. The van der Waals surface area contributed by atoms with Crippen LogP contribution in [0.25, 0.3) is 0 Å². The van der Waals surface area contributed by atoms with Gasteiger partial charge >= 0.3 is 0 Å². The fraction of sp³-hybridized carbons (Fsp3) is 0.200. The molecule has 0 aliphatic rings. The SMILES string of the molecule is Cc1cccc(C(=O)NCC#N)c1[N+](=O)[O-]. The van der Waals surface area contributed by atoms with Gasteiger partial charge in [-0.15, -0.1) is 0 Å². The first kappa shape index (κ1) is 11.7. The summed E-state index contributed by atoms with van der Waals surface area (Å²) in [4.78, 5) is 21.7. The number of nitriles is 1. The van der Waals surface area contributed by atoms with E-state index in [1.807, 2.05) is 0 Å². The van der Waals surface area contributed by atoms with Gasteiger partial charge in [-0.3, -0.25) is 14.9 Å². The lowest BCUT2D eigenvalue weighted by atomic mass is 10.1. The van der Waals surface area contributed by atoms with E-state index in [9.17, 15) is 14.9 Å². The van der Waals surface area contributed by atoms with Gasteiger partial charge in [-0.2, -0.15) is 5.26 Å². The van der Waals surface area contributed by atoms with Crippen molar-refractivity contribution in [1.82, 2.24) is 5.32 Å². The van der Waals surface area contributed by atoms with Crippen LogP contribution < -0.4 is 5.32 Å². The second-order valence-corrected chi connectivity index (χ2v) is 3.07. The van der Waals surface area contributed by atoms with Crippen molar-refractivity contribution in [3.8, 4) is 6.07 Å². The summed E-state index contributed by atoms with van der Waals surface area (Å²) in [6.07, 6.45) is 0. The highest BCUT2D eigenvalue weighted by Crippen LogP contribution is 2.22. The first-order valence-electron chi connectivity index (χ1n) is 4.47. The van der Waals surface area contributed by atoms with E-state index in [0.29, 0.717) is 5.56 Å². The van der Waals surface area contributed by atoms with E-state index < -0.39 is 10.8 Å². The molecule has 6 nitrogen and oxygen atoms in total. The van der Waals surface area contributed by atoms with Crippen LogP contribution in [0.2, 0.25) is 0 Å². The average Bonchev–Trinajstić information content (AvgIpc) is 2.24. The molecule has 0 heterocycles. The molecule has 0 unspecified atom stereocenters. The van der Waals surface area contributed by atoms with Gasteiger partial charge in [0.05, 0.1) is 11.0 Å². The predicted octanol–water partition coefficient (Wildman–Crippen LogP) is 1.16. The van der Waals surface area contributed by atoms with Crippen LogP contribution in [0.4, 0.5) is 5.69 Å². The summed E-state index contributed by atoms with van der Waals surface area (Å²) in [5.41, 5.74) is 0.160. The van der Waals surface area contributed by atoms with Crippen molar-refractivity contribution in [3.63, 3.8) is 0 Å². The Hall–Kier alpha value is -2.42. The number of aryl methyl sites for hydroxylation is 1. The molecule has 0 fully saturated rings. The normalized spacial score (nSPS) is 9.25. The van der Waals surface area contributed by atoms with Gasteiger partial charge in [0, 0.05) is 5.56 Å². The van der Waals surface area contributed by atoms with Crippen LogP contribution in [0.15, 0.2) is 18.2 Å². The Bertz CT molecular complexity index is 477. The largest absolute Gasteiger partial charge is 0.339 e. The lowest BCUT2D eigenvalue weighted by Gasteiger charge is -2.04. The van der Waals surface area contributed by atoms with E-state index in [1.165, 1.54) is 6.07 Å². The number of hydrogen-bond acceptors (Lipinski definition) is 4. The average molecular weight is 219 g/mol. The van der Waals surface area contributed by atoms with Crippen molar-refractivity contribution in [1.29, 1.82) is 5.26 Å². The Morgan fingerprint density at radius 1 is 1.62 bits per heavy atom. The highest BCUT2D eigenvalue weighted by atomic mass is 16.6. The Labute approximate surface area is 91.6 Å². The van der Waals surface area contributed by atoms with Crippen molar-refractivity contribution in [2.45, 2.75) is 6.92 Å². The van der Waals surface area contributed by atoms with E-state index in [2.05, 4.69) is 5.32 Å². The molecule has 0 radical (unpaired) electrons. The lowest BCUT2D eigenvalue weighted by Crippen LogP contribution is -2.24. The number of carbonyl (C=O) groups excluding carboxylic acids is 1. The summed E-state index contributed by atoms with van der Waals surface area (Å²) in [5.74, 6) is -0.614. The maximum Gasteiger partial charge on any atom is 0.285 e. The minimum atomic E-state index is -0.614. The standard InChI is InChI=1S/C10H9N3O3/c1-7-3-2-4-8(9(7)13(15)16)10(14)12-6-5-11/h2-4H,6H2,1H3,(H,12,14). The minimum Gasteiger partial charge on any atom is -0.339 e. The number of nitrogens with one attached hydrogen (secondary N) is 1. The molecule has 0 saturated carbocycles. The number of amides is 1. The highest BCUT2D eigenvalue weighted by molar-refractivity contribution is 5.98. The second-order valence-electron chi connectivity index (χ2n) is 3.07. The molecule has 0 saturated heterocycles. The number of nitro groups is 1. The van der Waals surface area contributed by atoms with Crippen LogP contribution in [-0.4, -0.2) is 17.4 Å². The van der Waals surface area contributed by atoms with Crippen LogP contribution in [-0.2, 0) is 0 Å². The van der Waals surface area contributed by atoms with Crippen molar-refractivity contribution in [2.24, 2.45) is 0 Å². The van der Waals surface area contributed by atoms with Gasteiger partial charge in [-0.25, -0.2) is 0 Å². The number of benzene rings is 1. The molecule has 1 N–H and O–H groups in total. The summed E-state index contributed by atoms with van der Waals surface area (Å²) in [6, 6.07) is 6.20. The van der Waals surface area contributed by atoms with E-state index >= 15 is 0 Å². The fourth-order valence-electron chi connectivity index (χ4n) is 1.30. The zero-order valence-corrected chi connectivity index (χ0v) is 8.56. The topological polar surface area (TPSA) is 96.0 Å². The smallest absolute Gasteiger partial charge is 0.285 e. The maximum absolute atomic E-state index is 11.5. The van der Waals surface area contributed by atoms with Gasteiger partial charge in [-0.05, 0) is 13.0 Å². The monoisotopic (exact) mass is 219 g/mol. The third kappa shape index (κ3) is 2.33. The van der Waals surface area contributed by atoms with Crippen molar-refractivity contribution in [2.75, 3.05) is 6.54 Å². The van der Waals surface area contributed by atoms with Crippen LogP contribution in [0.5, 0.6) is 0 Å². The summed E-state index contributed by atoms with van der Waals surface area (Å²) < 4.78 is 0. The van der Waals surface area contributed by atoms with Gasteiger partial charge in [0.25, 0.3) is 11.6 Å². The highest BCUT2D eigenvalue weighted by Gasteiger charge is 2.21. The summed E-state index contributed by atoms with van der Waals surface area (Å²) >= 11 is 0. The van der Waals surface area contributed by atoms with Crippen molar-refractivity contribution < 1.29 is 9.72 Å². The molecule has 0 aliphatic carbocycles. The van der Waals surface area contributed by atoms with Crippen molar-refractivity contribution >= 4 is 11.6 Å². The van der Waals surface area contributed by atoms with Gasteiger partial charge < -0.3 is 5.32 Å². The lowest BCUT2D eigenvalue weighted by molar-refractivity contribution is -0.385. The molecular weight excluding hydrogens is 210 g/mol.